The quantitative estimate of drug-likeness (QED) is 0.860. The van der Waals surface area contributed by atoms with Crippen LogP contribution in [0.1, 0.15) is 11.1 Å². The van der Waals surface area contributed by atoms with Crippen LogP contribution in [-0.2, 0) is 16.6 Å². The van der Waals surface area contributed by atoms with E-state index in [1.165, 1.54) is 4.41 Å². The Morgan fingerprint density at radius 2 is 1.60 bits per heavy atom. The van der Waals surface area contributed by atoms with Crippen molar-refractivity contribution in [3.05, 3.63) is 65.7 Å². The summed E-state index contributed by atoms with van der Waals surface area (Å²) in [6, 6.07) is 16.3. The Kier molecular flexibility index (Phi) is 4.54. The summed E-state index contributed by atoms with van der Waals surface area (Å²) in [5.41, 5.74) is 4.71. The summed E-state index contributed by atoms with van der Waals surface area (Å²) in [5, 5.41) is 0. The molecule has 0 bridgehead atoms. The largest absolute Gasteiger partial charge is 0.256 e. The minimum atomic E-state index is -3.54. The molecule has 0 saturated carbocycles. The molecule has 4 nitrogen and oxygen atoms in total. The molecule has 20 heavy (non-hydrogen) atoms. The minimum absolute atomic E-state index is 0.285. The molecule has 0 aliphatic heterocycles. The molecular formula is C15H18N2O2S. The van der Waals surface area contributed by atoms with E-state index in [0.717, 1.165) is 11.1 Å². The van der Waals surface area contributed by atoms with Gasteiger partial charge in [0.1, 0.15) is 0 Å². The van der Waals surface area contributed by atoms with Gasteiger partial charge in [0.25, 0.3) is 10.0 Å². The molecule has 0 fully saturated rings. The highest BCUT2D eigenvalue weighted by molar-refractivity contribution is 7.89. The van der Waals surface area contributed by atoms with Crippen molar-refractivity contribution in [2.75, 3.05) is 7.05 Å². The number of benzene rings is 2. The summed E-state index contributed by atoms with van der Waals surface area (Å²) in [5.74, 6) is 0. The third kappa shape index (κ3) is 3.25. The molecule has 0 saturated heterocycles. The fourth-order valence-corrected chi connectivity index (χ4v) is 3.16. The van der Waals surface area contributed by atoms with Gasteiger partial charge in [0.15, 0.2) is 0 Å². The second-order valence-electron chi connectivity index (χ2n) is 4.53. The van der Waals surface area contributed by atoms with Gasteiger partial charge in [-0.25, -0.2) is 13.8 Å². The van der Waals surface area contributed by atoms with Crippen LogP contribution in [0.5, 0.6) is 0 Å². The summed E-state index contributed by atoms with van der Waals surface area (Å²) in [6.07, 6.45) is 0. The number of hydrazine groups is 1. The van der Waals surface area contributed by atoms with E-state index in [1.807, 2.05) is 37.3 Å². The second-order valence-corrected chi connectivity index (χ2v) is 6.40. The van der Waals surface area contributed by atoms with Crippen molar-refractivity contribution in [2.24, 2.45) is 0 Å². The van der Waals surface area contributed by atoms with E-state index < -0.39 is 10.0 Å². The van der Waals surface area contributed by atoms with Gasteiger partial charge >= 0.3 is 0 Å². The zero-order chi connectivity index (χ0) is 14.6. The van der Waals surface area contributed by atoms with Crippen molar-refractivity contribution in [3.63, 3.8) is 0 Å². The van der Waals surface area contributed by atoms with Gasteiger partial charge in [-0.2, -0.15) is 0 Å². The standard InChI is InChI=1S/C15H18N2O2S/c1-13-8-10-15(11-9-13)20(18,19)17(16-2)12-14-6-4-3-5-7-14/h3-11,16H,12H2,1-2H3. The molecule has 0 atom stereocenters. The van der Waals surface area contributed by atoms with E-state index in [-0.39, 0.29) is 11.4 Å². The lowest BCUT2D eigenvalue weighted by Gasteiger charge is -2.21. The molecule has 0 aliphatic rings. The maximum absolute atomic E-state index is 12.5. The fourth-order valence-electron chi connectivity index (χ4n) is 1.87. The van der Waals surface area contributed by atoms with E-state index in [1.54, 1.807) is 31.3 Å². The van der Waals surface area contributed by atoms with Crippen LogP contribution in [0.2, 0.25) is 0 Å². The summed E-state index contributed by atoms with van der Waals surface area (Å²) in [7, 11) is -1.94. The normalized spacial score (nSPS) is 11.8. The van der Waals surface area contributed by atoms with Gasteiger partial charge in [-0.15, -0.1) is 4.41 Å². The molecule has 0 unspecified atom stereocenters. The average molecular weight is 290 g/mol. The van der Waals surface area contributed by atoms with Crippen molar-refractivity contribution >= 4 is 10.0 Å². The molecular weight excluding hydrogens is 272 g/mol. The molecule has 0 amide bonds. The number of nitrogens with zero attached hydrogens (tertiary/aromatic N) is 1. The number of sulfonamides is 1. The van der Waals surface area contributed by atoms with Crippen LogP contribution in [0.15, 0.2) is 59.5 Å². The highest BCUT2D eigenvalue weighted by Gasteiger charge is 2.23. The third-order valence-electron chi connectivity index (χ3n) is 3.03. The third-order valence-corrected chi connectivity index (χ3v) is 4.79. The van der Waals surface area contributed by atoms with Crippen LogP contribution in [0.25, 0.3) is 0 Å². The molecule has 0 aromatic heterocycles. The topological polar surface area (TPSA) is 49.4 Å². The van der Waals surface area contributed by atoms with Gasteiger partial charge in [-0.05, 0) is 31.7 Å². The SMILES string of the molecule is CNN(Cc1ccccc1)S(=O)(=O)c1ccc(C)cc1. The lowest BCUT2D eigenvalue weighted by atomic mass is 10.2. The summed E-state index contributed by atoms with van der Waals surface area (Å²) >= 11 is 0. The summed E-state index contributed by atoms with van der Waals surface area (Å²) in [4.78, 5) is 0.286. The molecule has 0 radical (unpaired) electrons. The van der Waals surface area contributed by atoms with Crippen LogP contribution in [0.4, 0.5) is 0 Å². The molecule has 106 valence electrons. The molecule has 0 aliphatic carbocycles. The maximum Gasteiger partial charge on any atom is 0.256 e. The Labute approximate surface area is 120 Å². The second kappa shape index (κ2) is 6.17. The van der Waals surface area contributed by atoms with Gasteiger partial charge in [-0.3, -0.25) is 0 Å². The van der Waals surface area contributed by atoms with Crippen LogP contribution in [-0.4, -0.2) is 19.9 Å². The Morgan fingerprint density at radius 1 is 1.00 bits per heavy atom. The Hall–Kier alpha value is -1.69. The molecule has 5 heteroatoms. The van der Waals surface area contributed by atoms with Gasteiger partial charge < -0.3 is 0 Å². The highest BCUT2D eigenvalue weighted by Crippen LogP contribution is 2.17. The number of aryl methyl sites for hydroxylation is 1. The maximum atomic E-state index is 12.5. The highest BCUT2D eigenvalue weighted by atomic mass is 32.2. The van der Waals surface area contributed by atoms with Gasteiger partial charge in [0, 0.05) is 0 Å². The van der Waals surface area contributed by atoms with Gasteiger partial charge in [0.2, 0.25) is 0 Å². The van der Waals surface area contributed by atoms with Crippen LogP contribution in [0.3, 0.4) is 0 Å². The molecule has 0 heterocycles. The van der Waals surface area contributed by atoms with Crippen LogP contribution in [0, 0.1) is 6.92 Å². The number of nitrogens with one attached hydrogen (secondary N) is 1. The first-order valence-corrected chi connectivity index (χ1v) is 7.79. The van der Waals surface area contributed by atoms with E-state index in [9.17, 15) is 8.42 Å². The Bertz CT molecular complexity index is 652. The van der Waals surface area contributed by atoms with Crippen molar-refractivity contribution in [1.82, 2.24) is 9.84 Å². The molecule has 0 spiro atoms. The number of hydrogen-bond donors (Lipinski definition) is 1. The number of hydrogen-bond acceptors (Lipinski definition) is 3. The summed E-state index contributed by atoms with van der Waals surface area (Å²) in [6.45, 7) is 2.21. The van der Waals surface area contributed by atoms with E-state index in [0.29, 0.717) is 0 Å². The minimum Gasteiger partial charge on any atom is -0.244 e. The van der Waals surface area contributed by atoms with Gasteiger partial charge in [-0.1, -0.05) is 48.0 Å². The zero-order valence-electron chi connectivity index (χ0n) is 11.6. The van der Waals surface area contributed by atoms with Crippen molar-refractivity contribution in [1.29, 1.82) is 0 Å². The fraction of sp³-hybridized carbons (Fsp3) is 0.200. The predicted molar refractivity (Wildman–Crippen MR) is 79.4 cm³/mol. The molecule has 2 aromatic carbocycles. The molecule has 2 aromatic rings. The Balaban J connectivity index is 2.28. The molecule has 1 N–H and O–H groups in total. The van der Waals surface area contributed by atoms with E-state index in [2.05, 4.69) is 5.43 Å². The van der Waals surface area contributed by atoms with E-state index >= 15 is 0 Å². The van der Waals surface area contributed by atoms with Gasteiger partial charge in [0.05, 0.1) is 11.4 Å². The molecule has 2 rings (SSSR count). The zero-order valence-corrected chi connectivity index (χ0v) is 12.4. The van der Waals surface area contributed by atoms with Crippen molar-refractivity contribution in [2.45, 2.75) is 18.4 Å². The first-order chi connectivity index (χ1) is 9.54. The van der Waals surface area contributed by atoms with Crippen LogP contribution < -0.4 is 5.43 Å². The monoisotopic (exact) mass is 290 g/mol. The first kappa shape index (κ1) is 14.7. The lowest BCUT2D eigenvalue weighted by molar-refractivity contribution is 0.338. The van der Waals surface area contributed by atoms with Crippen molar-refractivity contribution < 1.29 is 8.42 Å². The average Bonchev–Trinajstić information content (AvgIpc) is 2.46. The predicted octanol–water partition coefficient (Wildman–Crippen LogP) is 2.32. The van der Waals surface area contributed by atoms with Crippen LogP contribution >= 0.6 is 0 Å². The summed E-state index contributed by atoms with van der Waals surface area (Å²) < 4.78 is 26.3. The van der Waals surface area contributed by atoms with Crippen molar-refractivity contribution in [3.8, 4) is 0 Å². The first-order valence-electron chi connectivity index (χ1n) is 6.35. The lowest BCUT2D eigenvalue weighted by Crippen LogP contribution is -2.39. The number of rotatable bonds is 5. The van der Waals surface area contributed by atoms with E-state index in [4.69, 9.17) is 0 Å². The Morgan fingerprint density at radius 3 is 2.15 bits per heavy atom. The smallest absolute Gasteiger partial charge is 0.244 e.